The Morgan fingerprint density at radius 1 is 1.23 bits per heavy atom. The number of pyridine rings is 1. The first-order valence-corrected chi connectivity index (χ1v) is 9.94. The number of carbonyl (C=O) groups is 1. The zero-order chi connectivity index (χ0) is 18.1. The first-order chi connectivity index (χ1) is 12.7. The van der Waals surface area contributed by atoms with Gasteiger partial charge in [0.05, 0.1) is 11.3 Å². The molecule has 0 aliphatic carbocycles. The summed E-state index contributed by atoms with van der Waals surface area (Å²) in [6.07, 6.45) is 0.806. The Hall–Kier alpha value is -2.52. The third kappa shape index (κ3) is 3.15. The summed E-state index contributed by atoms with van der Waals surface area (Å²) in [5.41, 5.74) is 2.88. The summed E-state index contributed by atoms with van der Waals surface area (Å²) in [6.45, 7) is 4.02. The molecule has 4 rings (SSSR count). The molecule has 0 spiro atoms. The molecule has 0 aliphatic rings. The molecule has 1 amide bonds. The fourth-order valence-electron chi connectivity index (χ4n) is 2.68. The van der Waals surface area contributed by atoms with Crippen LogP contribution in [0, 0.1) is 6.92 Å². The van der Waals surface area contributed by atoms with Crippen LogP contribution in [0.5, 0.6) is 0 Å². The second-order valence-corrected chi connectivity index (χ2v) is 7.72. The van der Waals surface area contributed by atoms with Crippen LogP contribution in [0.15, 0.2) is 35.5 Å². The number of amides is 1. The number of carbonyl (C=O) groups excluding carboxylic acids is 1. The van der Waals surface area contributed by atoms with Crippen LogP contribution in [0.25, 0.3) is 16.6 Å². The molecule has 9 heteroatoms. The minimum Gasteiger partial charge on any atom is -0.300 e. The summed E-state index contributed by atoms with van der Waals surface area (Å²) in [6, 6.07) is 10.2. The molecule has 0 saturated heterocycles. The van der Waals surface area contributed by atoms with E-state index in [1.165, 1.54) is 23.1 Å². The number of fused-ring (bicyclic) bond motifs is 3. The number of para-hydroxylation sites is 1. The predicted octanol–water partition coefficient (Wildman–Crippen LogP) is 3.34. The first-order valence-electron chi connectivity index (χ1n) is 8.14. The van der Waals surface area contributed by atoms with Crippen molar-refractivity contribution in [3.8, 4) is 0 Å². The van der Waals surface area contributed by atoms with Crippen molar-refractivity contribution in [2.75, 3.05) is 11.1 Å². The maximum Gasteiger partial charge on any atom is 0.236 e. The van der Waals surface area contributed by atoms with Crippen molar-refractivity contribution in [2.24, 2.45) is 0 Å². The van der Waals surface area contributed by atoms with Gasteiger partial charge in [0.2, 0.25) is 11.0 Å². The van der Waals surface area contributed by atoms with E-state index in [9.17, 15) is 4.79 Å². The molecule has 0 aliphatic heterocycles. The largest absolute Gasteiger partial charge is 0.300 e. The van der Waals surface area contributed by atoms with Gasteiger partial charge in [-0.3, -0.25) is 14.5 Å². The molecule has 132 valence electrons. The van der Waals surface area contributed by atoms with Gasteiger partial charge in [-0.05, 0) is 36.4 Å². The summed E-state index contributed by atoms with van der Waals surface area (Å²) in [5, 5.41) is 22.6. The maximum absolute atomic E-state index is 12.2. The molecular weight excluding hydrogens is 368 g/mol. The van der Waals surface area contributed by atoms with Crippen LogP contribution in [0.1, 0.15) is 17.5 Å². The zero-order valence-corrected chi connectivity index (χ0v) is 15.9. The first kappa shape index (κ1) is 16.9. The van der Waals surface area contributed by atoms with Gasteiger partial charge in [-0.15, -0.1) is 20.4 Å². The monoisotopic (exact) mass is 384 g/mol. The second kappa shape index (κ2) is 7.00. The summed E-state index contributed by atoms with van der Waals surface area (Å²) in [4.78, 5) is 12.2. The second-order valence-electron chi connectivity index (χ2n) is 5.72. The molecule has 4 aromatic rings. The van der Waals surface area contributed by atoms with Crippen LogP contribution in [0.4, 0.5) is 5.13 Å². The summed E-state index contributed by atoms with van der Waals surface area (Å²) >= 11 is 2.75. The number of aryl methyl sites for hydroxylation is 2. The highest BCUT2D eigenvalue weighted by atomic mass is 32.2. The van der Waals surface area contributed by atoms with Gasteiger partial charge in [-0.2, -0.15) is 0 Å². The van der Waals surface area contributed by atoms with E-state index < -0.39 is 0 Å². The molecular formula is C17H16N6OS2. The Bertz CT molecular complexity index is 1100. The summed E-state index contributed by atoms with van der Waals surface area (Å²) in [7, 11) is 0. The molecule has 3 heterocycles. The van der Waals surface area contributed by atoms with Gasteiger partial charge in [0, 0.05) is 0 Å². The number of anilines is 1. The van der Waals surface area contributed by atoms with E-state index in [1.54, 1.807) is 0 Å². The van der Waals surface area contributed by atoms with Crippen molar-refractivity contribution in [1.82, 2.24) is 24.8 Å². The Balaban J connectivity index is 1.56. The normalized spacial score (nSPS) is 11.3. The van der Waals surface area contributed by atoms with Crippen molar-refractivity contribution < 1.29 is 4.79 Å². The van der Waals surface area contributed by atoms with E-state index in [4.69, 9.17) is 0 Å². The summed E-state index contributed by atoms with van der Waals surface area (Å²) in [5.74, 6) is 0.0897. The SMILES string of the molecule is CCc1nnc(NC(=O)CSc2nnc3c(C)cc4ccccc4n23)s1. The fourth-order valence-corrected chi connectivity index (χ4v) is 4.12. The minimum atomic E-state index is -0.137. The van der Waals surface area contributed by atoms with E-state index in [0.717, 1.165) is 33.5 Å². The lowest BCUT2D eigenvalue weighted by molar-refractivity contribution is -0.113. The maximum atomic E-state index is 12.2. The van der Waals surface area contributed by atoms with Crippen LogP contribution < -0.4 is 5.32 Å². The van der Waals surface area contributed by atoms with Crippen molar-refractivity contribution in [1.29, 1.82) is 0 Å². The zero-order valence-electron chi connectivity index (χ0n) is 14.3. The van der Waals surface area contributed by atoms with Gasteiger partial charge in [0.1, 0.15) is 5.01 Å². The average Bonchev–Trinajstić information content (AvgIpc) is 3.27. The van der Waals surface area contributed by atoms with E-state index in [1.807, 2.05) is 36.4 Å². The Morgan fingerprint density at radius 3 is 2.88 bits per heavy atom. The van der Waals surface area contributed by atoms with E-state index in [2.05, 4.69) is 37.8 Å². The topological polar surface area (TPSA) is 85.1 Å². The lowest BCUT2D eigenvalue weighted by atomic mass is 10.1. The number of hydrogen-bond acceptors (Lipinski definition) is 7. The third-order valence-electron chi connectivity index (χ3n) is 3.88. The highest BCUT2D eigenvalue weighted by molar-refractivity contribution is 7.99. The van der Waals surface area contributed by atoms with Crippen LogP contribution in [-0.2, 0) is 11.2 Å². The van der Waals surface area contributed by atoms with Gasteiger partial charge < -0.3 is 0 Å². The predicted molar refractivity (Wildman–Crippen MR) is 104 cm³/mol. The Kier molecular flexibility index (Phi) is 4.56. The molecule has 0 saturated carbocycles. The van der Waals surface area contributed by atoms with Crippen LogP contribution in [-0.4, -0.2) is 36.5 Å². The quantitative estimate of drug-likeness (QED) is 0.531. The Labute approximate surface area is 157 Å². The third-order valence-corrected chi connectivity index (χ3v) is 5.80. The molecule has 0 fully saturated rings. The van der Waals surface area contributed by atoms with E-state index >= 15 is 0 Å². The van der Waals surface area contributed by atoms with Gasteiger partial charge in [0.25, 0.3) is 0 Å². The van der Waals surface area contributed by atoms with E-state index in [-0.39, 0.29) is 11.7 Å². The average molecular weight is 384 g/mol. The lowest BCUT2D eigenvalue weighted by Crippen LogP contribution is -2.14. The smallest absolute Gasteiger partial charge is 0.236 e. The van der Waals surface area contributed by atoms with Gasteiger partial charge in [0.15, 0.2) is 10.8 Å². The molecule has 0 radical (unpaired) electrons. The number of hydrogen-bond donors (Lipinski definition) is 1. The number of thioether (sulfide) groups is 1. The van der Waals surface area contributed by atoms with Crippen LogP contribution in [0.2, 0.25) is 0 Å². The fraction of sp³-hybridized carbons (Fsp3) is 0.235. The molecule has 1 aromatic carbocycles. The number of aromatic nitrogens is 5. The van der Waals surface area contributed by atoms with Gasteiger partial charge >= 0.3 is 0 Å². The van der Waals surface area contributed by atoms with Crippen molar-refractivity contribution in [2.45, 2.75) is 25.4 Å². The van der Waals surface area contributed by atoms with Gasteiger partial charge in [-0.25, -0.2) is 0 Å². The van der Waals surface area contributed by atoms with Crippen LogP contribution >= 0.6 is 23.1 Å². The molecule has 7 nitrogen and oxygen atoms in total. The summed E-state index contributed by atoms with van der Waals surface area (Å²) < 4.78 is 2.00. The van der Waals surface area contributed by atoms with Crippen LogP contribution in [0.3, 0.4) is 0 Å². The molecule has 3 aromatic heterocycles. The van der Waals surface area contributed by atoms with Crippen molar-refractivity contribution in [3.63, 3.8) is 0 Å². The molecule has 0 atom stereocenters. The Morgan fingerprint density at radius 2 is 2.08 bits per heavy atom. The van der Waals surface area contributed by atoms with Crippen molar-refractivity contribution in [3.05, 3.63) is 40.9 Å². The highest BCUT2D eigenvalue weighted by Crippen LogP contribution is 2.25. The van der Waals surface area contributed by atoms with Crippen molar-refractivity contribution >= 4 is 50.7 Å². The molecule has 0 unspecified atom stereocenters. The minimum absolute atomic E-state index is 0.137. The van der Waals surface area contributed by atoms with E-state index in [0.29, 0.717) is 10.3 Å². The number of nitrogens with zero attached hydrogens (tertiary/aromatic N) is 5. The number of nitrogens with one attached hydrogen (secondary N) is 1. The highest BCUT2D eigenvalue weighted by Gasteiger charge is 2.14. The lowest BCUT2D eigenvalue weighted by Gasteiger charge is -2.06. The standard InChI is InChI=1S/C17H16N6OS2/c1-3-14-19-21-16(26-14)18-13(24)9-25-17-22-20-15-10(2)8-11-6-4-5-7-12(11)23(15)17/h4-8H,3,9H2,1-2H3,(H,18,21,24). The molecule has 0 bridgehead atoms. The number of benzene rings is 1. The molecule has 26 heavy (non-hydrogen) atoms. The molecule has 1 N–H and O–H groups in total. The van der Waals surface area contributed by atoms with Gasteiger partial charge in [-0.1, -0.05) is 48.2 Å². The number of rotatable bonds is 5.